The number of aryl methyl sites for hydroxylation is 1. The number of anilines is 2. The highest BCUT2D eigenvalue weighted by atomic mass is 32.2. The standard InChI is InChI=1S/C21H27N5O3S/c1-18-17-20(23-21(22-18)25-12-14-29-15-13-25)24-8-10-26(11-9-24)30(27,28)16-7-19-5-3-2-4-6-19/h2-7,16-17H,8-15H2,1H3/b16-7+. The zero-order chi connectivity index (χ0) is 21.0. The van der Waals surface area contributed by atoms with Crippen LogP contribution in [0.2, 0.25) is 0 Å². The zero-order valence-corrected chi connectivity index (χ0v) is 18.0. The van der Waals surface area contributed by atoms with Crippen molar-refractivity contribution in [1.29, 1.82) is 0 Å². The van der Waals surface area contributed by atoms with Gasteiger partial charge >= 0.3 is 0 Å². The summed E-state index contributed by atoms with van der Waals surface area (Å²) in [6.45, 7) is 6.93. The van der Waals surface area contributed by atoms with Crippen molar-refractivity contribution in [2.24, 2.45) is 0 Å². The Morgan fingerprint density at radius 1 is 0.933 bits per heavy atom. The van der Waals surface area contributed by atoms with E-state index in [1.54, 1.807) is 6.08 Å². The van der Waals surface area contributed by atoms with Gasteiger partial charge in [0.25, 0.3) is 0 Å². The summed E-state index contributed by atoms with van der Waals surface area (Å²) in [4.78, 5) is 13.6. The molecule has 1 aromatic heterocycles. The highest BCUT2D eigenvalue weighted by Crippen LogP contribution is 2.21. The van der Waals surface area contributed by atoms with E-state index in [1.807, 2.05) is 43.3 Å². The Morgan fingerprint density at radius 2 is 1.63 bits per heavy atom. The Labute approximate surface area is 177 Å². The molecule has 160 valence electrons. The number of sulfonamides is 1. The molecule has 1 aromatic carbocycles. The van der Waals surface area contributed by atoms with Crippen LogP contribution in [0.1, 0.15) is 11.3 Å². The van der Waals surface area contributed by atoms with Gasteiger partial charge in [-0.1, -0.05) is 30.3 Å². The first-order chi connectivity index (χ1) is 14.5. The first-order valence-electron chi connectivity index (χ1n) is 10.2. The fourth-order valence-electron chi connectivity index (χ4n) is 3.59. The lowest BCUT2D eigenvalue weighted by atomic mass is 10.2. The van der Waals surface area contributed by atoms with Crippen LogP contribution in [0.5, 0.6) is 0 Å². The molecule has 0 radical (unpaired) electrons. The molecule has 0 unspecified atom stereocenters. The van der Waals surface area contributed by atoms with E-state index < -0.39 is 10.0 Å². The van der Waals surface area contributed by atoms with Gasteiger partial charge in [0.1, 0.15) is 5.82 Å². The summed E-state index contributed by atoms with van der Waals surface area (Å²) in [7, 11) is -3.45. The largest absolute Gasteiger partial charge is 0.378 e. The predicted molar refractivity (Wildman–Crippen MR) is 118 cm³/mol. The summed E-state index contributed by atoms with van der Waals surface area (Å²) in [5, 5.41) is 1.30. The number of piperazine rings is 1. The summed E-state index contributed by atoms with van der Waals surface area (Å²) in [5.41, 5.74) is 1.77. The normalized spacial score (nSPS) is 18.8. The minimum Gasteiger partial charge on any atom is -0.378 e. The maximum atomic E-state index is 12.7. The number of hydrogen-bond acceptors (Lipinski definition) is 7. The molecular weight excluding hydrogens is 402 g/mol. The van der Waals surface area contributed by atoms with Crippen LogP contribution >= 0.6 is 0 Å². The zero-order valence-electron chi connectivity index (χ0n) is 17.1. The first kappa shape index (κ1) is 20.8. The first-order valence-corrected chi connectivity index (χ1v) is 11.7. The van der Waals surface area contributed by atoms with Crippen LogP contribution in [0.25, 0.3) is 6.08 Å². The van der Waals surface area contributed by atoms with E-state index >= 15 is 0 Å². The second-order valence-corrected chi connectivity index (χ2v) is 9.23. The van der Waals surface area contributed by atoms with Crippen LogP contribution in [0.4, 0.5) is 11.8 Å². The summed E-state index contributed by atoms with van der Waals surface area (Å²) in [6, 6.07) is 11.4. The van der Waals surface area contributed by atoms with Gasteiger partial charge in [-0.15, -0.1) is 0 Å². The lowest BCUT2D eigenvalue weighted by Gasteiger charge is -2.35. The second-order valence-electron chi connectivity index (χ2n) is 7.41. The Hall–Kier alpha value is -2.49. The van der Waals surface area contributed by atoms with Crippen LogP contribution in [-0.4, -0.2) is 75.2 Å². The molecule has 0 bridgehead atoms. The van der Waals surface area contributed by atoms with Crippen LogP contribution < -0.4 is 9.80 Å². The van der Waals surface area contributed by atoms with Gasteiger partial charge in [0.2, 0.25) is 16.0 Å². The average molecular weight is 430 g/mol. The third kappa shape index (κ3) is 4.97. The topological polar surface area (TPSA) is 78.9 Å². The van der Waals surface area contributed by atoms with Crippen LogP contribution in [0.15, 0.2) is 41.8 Å². The van der Waals surface area contributed by atoms with E-state index in [0.717, 1.165) is 30.2 Å². The number of aromatic nitrogens is 2. The minimum atomic E-state index is -3.45. The molecular formula is C21H27N5O3S. The highest BCUT2D eigenvalue weighted by molar-refractivity contribution is 7.92. The van der Waals surface area contributed by atoms with Crippen LogP contribution in [0, 0.1) is 6.92 Å². The molecule has 8 nitrogen and oxygen atoms in total. The van der Waals surface area contributed by atoms with Crippen LogP contribution in [0.3, 0.4) is 0 Å². The summed E-state index contributed by atoms with van der Waals surface area (Å²) >= 11 is 0. The van der Waals surface area contributed by atoms with Crippen molar-refractivity contribution in [2.45, 2.75) is 6.92 Å². The van der Waals surface area contributed by atoms with Gasteiger partial charge in [0, 0.05) is 56.4 Å². The van der Waals surface area contributed by atoms with E-state index in [1.165, 1.54) is 9.71 Å². The molecule has 9 heteroatoms. The molecule has 0 atom stereocenters. The van der Waals surface area contributed by atoms with Gasteiger partial charge < -0.3 is 14.5 Å². The number of rotatable bonds is 5. The van der Waals surface area contributed by atoms with Crippen molar-refractivity contribution in [3.05, 3.63) is 53.1 Å². The lowest BCUT2D eigenvalue weighted by molar-refractivity contribution is 0.122. The summed E-state index contributed by atoms with van der Waals surface area (Å²) in [6.07, 6.45) is 1.64. The van der Waals surface area contributed by atoms with Crippen molar-refractivity contribution in [1.82, 2.24) is 14.3 Å². The number of morpholine rings is 1. The van der Waals surface area contributed by atoms with E-state index in [9.17, 15) is 8.42 Å². The molecule has 2 aliphatic heterocycles. The Morgan fingerprint density at radius 3 is 2.33 bits per heavy atom. The Bertz CT molecular complexity index is 983. The molecule has 0 saturated carbocycles. The smallest absolute Gasteiger partial charge is 0.236 e. The molecule has 3 heterocycles. The average Bonchev–Trinajstić information content (AvgIpc) is 2.79. The van der Waals surface area contributed by atoms with Gasteiger partial charge in [-0.25, -0.2) is 13.4 Å². The number of hydrogen-bond donors (Lipinski definition) is 0. The van der Waals surface area contributed by atoms with Crippen molar-refractivity contribution in [2.75, 3.05) is 62.3 Å². The Balaban J connectivity index is 1.42. The van der Waals surface area contributed by atoms with Crippen molar-refractivity contribution < 1.29 is 13.2 Å². The number of ether oxygens (including phenoxy) is 1. The van der Waals surface area contributed by atoms with Gasteiger partial charge in [0.05, 0.1) is 13.2 Å². The van der Waals surface area contributed by atoms with Crippen LogP contribution in [-0.2, 0) is 14.8 Å². The predicted octanol–water partition coefficient (Wildman–Crippen LogP) is 1.74. The molecule has 2 aromatic rings. The lowest BCUT2D eigenvalue weighted by Crippen LogP contribution is -2.48. The van der Waals surface area contributed by atoms with Gasteiger partial charge in [0.15, 0.2) is 0 Å². The van der Waals surface area contributed by atoms with E-state index in [2.05, 4.69) is 14.8 Å². The quantitative estimate of drug-likeness (QED) is 0.716. The van der Waals surface area contributed by atoms with Crippen molar-refractivity contribution in [3.8, 4) is 0 Å². The molecule has 30 heavy (non-hydrogen) atoms. The van der Waals surface area contributed by atoms with Gasteiger partial charge in [-0.2, -0.15) is 9.29 Å². The third-order valence-corrected chi connectivity index (χ3v) is 6.84. The SMILES string of the molecule is Cc1cc(N2CCN(S(=O)(=O)/C=C/c3ccccc3)CC2)nc(N2CCOCC2)n1. The van der Waals surface area contributed by atoms with E-state index in [0.29, 0.717) is 45.3 Å². The summed E-state index contributed by atoms with van der Waals surface area (Å²) < 4.78 is 32.3. The van der Waals surface area contributed by atoms with Gasteiger partial charge in [-0.05, 0) is 18.6 Å². The van der Waals surface area contributed by atoms with Crippen molar-refractivity contribution >= 4 is 27.9 Å². The summed E-state index contributed by atoms with van der Waals surface area (Å²) in [5.74, 6) is 1.56. The van der Waals surface area contributed by atoms with Crippen molar-refractivity contribution in [3.63, 3.8) is 0 Å². The number of nitrogens with zero attached hydrogens (tertiary/aromatic N) is 5. The van der Waals surface area contributed by atoms with E-state index in [4.69, 9.17) is 9.72 Å². The molecule has 2 fully saturated rings. The molecule has 2 saturated heterocycles. The van der Waals surface area contributed by atoms with Gasteiger partial charge in [-0.3, -0.25) is 0 Å². The maximum Gasteiger partial charge on any atom is 0.236 e. The number of benzene rings is 1. The molecule has 0 N–H and O–H groups in total. The molecule has 2 aliphatic rings. The molecule has 0 aliphatic carbocycles. The third-order valence-electron chi connectivity index (χ3n) is 5.28. The fourth-order valence-corrected chi connectivity index (χ4v) is 4.76. The monoisotopic (exact) mass is 429 g/mol. The maximum absolute atomic E-state index is 12.7. The molecule has 0 spiro atoms. The fraction of sp³-hybridized carbons (Fsp3) is 0.429. The highest BCUT2D eigenvalue weighted by Gasteiger charge is 2.26. The van der Waals surface area contributed by atoms with E-state index in [-0.39, 0.29) is 0 Å². The second kappa shape index (κ2) is 9.11. The minimum absolute atomic E-state index is 0.428. The molecule has 0 amide bonds. The molecule has 4 rings (SSSR count). The Kier molecular flexibility index (Phi) is 6.31.